The van der Waals surface area contributed by atoms with Crippen LogP contribution in [0, 0.1) is 6.92 Å². The first-order valence-electron chi connectivity index (χ1n) is 4.47. The van der Waals surface area contributed by atoms with Crippen molar-refractivity contribution in [3.8, 4) is 0 Å². The van der Waals surface area contributed by atoms with E-state index in [-0.39, 0.29) is 11.6 Å². The molecule has 1 radical (unpaired) electrons. The predicted octanol–water partition coefficient (Wildman–Crippen LogP) is 2.72. The molecule has 2 heteroatoms. The van der Waals surface area contributed by atoms with Crippen molar-refractivity contribution in [2.24, 2.45) is 0 Å². The normalized spacial score (nSPS) is 11.3. The zero-order chi connectivity index (χ0) is 9.61. The number of rotatable bonds is 4. The maximum Gasteiger partial charge on any atom is 0.306 e. The molecule has 0 spiro atoms. The van der Waals surface area contributed by atoms with Crippen LogP contribution in [0.3, 0.4) is 0 Å². The SMILES string of the molecule is [CH2]CCCCC(=O)OC(C)(C)C. The molecule has 0 amide bonds. The molecule has 0 saturated carbocycles. The van der Waals surface area contributed by atoms with Gasteiger partial charge in [0.1, 0.15) is 5.60 Å². The van der Waals surface area contributed by atoms with Gasteiger partial charge in [-0.15, -0.1) is 0 Å². The Balaban J connectivity index is 3.47. The lowest BCUT2D eigenvalue weighted by atomic mass is 10.2. The van der Waals surface area contributed by atoms with E-state index >= 15 is 0 Å². The molecule has 0 aliphatic heterocycles. The molecule has 0 aliphatic rings. The molecule has 0 aromatic heterocycles. The van der Waals surface area contributed by atoms with Crippen LogP contribution in [0.4, 0.5) is 0 Å². The van der Waals surface area contributed by atoms with E-state index in [0.717, 1.165) is 19.3 Å². The maximum atomic E-state index is 11.1. The molecular weight excluding hydrogens is 152 g/mol. The molecule has 0 aliphatic carbocycles. The lowest BCUT2D eigenvalue weighted by Gasteiger charge is -2.19. The molecule has 0 rings (SSSR count). The molecule has 2 nitrogen and oxygen atoms in total. The highest BCUT2D eigenvalue weighted by molar-refractivity contribution is 5.69. The van der Waals surface area contributed by atoms with Crippen LogP contribution in [0.25, 0.3) is 0 Å². The Bertz CT molecular complexity index is 133. The number of carbonyl (C=O) groups is 1. The summed E-state index contributed by atoms with van der Waals surface area (Å²) in [4.78, 5) is 11.1. The summed E-state index contributed by atoms with van der Waals surface area (Å²) in [5, 5.41) is 0. The van der Waals surface area contributed by atoms with Gasteiger partial charge in [-0.3, -0.25) is 4.79 Å². The topological polar surface area (TPSA) is 26.3 Å². The molecule has 0 bridgehead atoms. The summed E-state index contributed by atoms with van der Waals surface area (Å²) in [6.45, 7) is 9.35. The van der Waals surface area contributed by atoms with E-state index in [9.17, 15) is 4.79 Å². The summed E-state index contributed by atoms with van der Waals surface area (Å²) in [7, 11) is 0. The van der Waals surface area contributed by atoms with Crippen molar-refractivity contribution in [1.82, 2.24) is 0 Å². The van der Waals surface area contributed by atoms with E-state index in [1.54, 1.807) is 0 Å². The van der Waals surface area contributed by atoms with Crippen LogP contribution in [0.2, 0.25) is 0 Å². The molecule has 0 aromatic carbocycles. The Kier molecular flexibility index (Phi) is 4.95. The van der Waals surface area contributed by atoms with Gasteiger partial charge in [0.15, 0.2) is 0 Å². The zero-order valence-electron chi connectivity index (χ0n) is 8.35. The van der Waals surface area contributed by atoms with Crippen LogP contribution < -0.4 is 0 Å². The highest BCUT2D eigenvalue weighted by atomic mass is 16.6. The van der Waals surface area contributed by atoms with Crippen LogP contribution in [0.1, 0.15) is 46.5 Å². The van der Waals surface area contributed by atoms with Crippen LogP contribution in [-0.4, -0.2) is 11.6 Å². The highest BCUT2D eigenvalue weighted by Gasteiger charge is 2.15. The van der Waals surface area contributed by atoms with Gasteiger partial charge in [-0.2, -0.15) is 0 Å². The first-order chi connectivity index (χ1) is 5.45. The minimum absolute atomic E-state index is 0.101. The van der Waals surface area contributed by atoms with Crippen molar-refractivity contribution < 1.29 is 9.53 Å². The second kappa shape index (κ2) is 5.18. The van der Waals surface area contributed by atoms with Crippen molar-refractivity contribution in [2.75, 3.05) is 0 Å². The van der Waals surface area contributed by atoms with Crippen molar-refractivity contribution in [3.05, 3.63) is 6.92 Å². The summed E-state index contributed by atoms with van der Waals surface area (Å²) in [6.07, 6.45) is 3.30. The van der Waals surface area contributed by atoms with Crippen LogP contribution in [-0.2, 0) is 9.53 Å². The summed E-state index contributed by atoms with van der Waals surface area (Å²) >= 11 is 0. The highest BCUT2D eigenvalue weighted by Crippen LogP contribution is 2.10. The van der Waals surface area contributed by atoms with Crippen LogP contribution in [0.15, 0.2) is 0 Å². The lowest BCUT2D eigenvalue weighted by Crippen LogP contribution is -2.23. The fourth-order valence-corrected chi connectivity index (χ4v) is 0.839. The van der Waals surface area contributed by atoms with E-state index in [4.69, 9.17) is 4.74 Å². The van der Waals surface area contributed by atoms with Gasteiger partial charge in [-0.1, -0.05) is 19.8 Å². The van der Waals surface area contributed by atoms with E-state index in [0.29, 0.717) is 6.42 Å². The van der Waals surface area contributed by atoms with Gasteiger partial charge in [0.2, 0.25) is 0 Å². The van der Waals surface area contributed by atoms with E-state index in [1.807, 2.05) is 20.8 Å². The van der Waals surface area contributed by atoms with Gasteiger partial charge in [0.25, 0.3) is 0 Å². The van der Waals surface area contributed by atoms with Gasteiger partial charge < -0.3 is 4.74 Å². The molecule has 12 heavy (non-hydrogen) atoms. The summed E-state index contributed by atoms with van der Waals surface area (Å²) in [6, 6.07) is 0. The lowest BCUT2D eigenvalue weighted by molar-refractivity contribution is -0.154. The largest absolute Gasteiger partial charge is 0.460 e. The average molecular weight is 171 g/mol. The Labute approximate surface area is 75.3 Å². The molecule has 71 valence electrons. The standard InChI is InChI=1S/C10H19O2/c1-5-6-7-8-9(11)12-10(2,3)4/h1,5-8H2,2-4H3. The third kappa shape index (κ3) is 7.58. The monoisotopic (exact) mass is 171 g/mol. The Morgan fingerprint density at radius 1 is 1.33 bits per heavy atom. The fraction of sp³-hybridized carbons (Fsp3) is 0.800. The number of hydrogen-bond donors (Lipinski definition) is 0. The molecule has 0 unspecified atom stereocenters. The summed E-state index contributed by atoms with van der Waals surface area (Å²) in [5.41, 5.74) is -0.346. The molecule has 0 N–H and O–H groups in total. The second-order valence-electron chi connectivity index (χ2n) is 3.90. The van der Waals surface area contributed by atoms with Crippen LogP contribution >= 0.6 is 0 Å². The molecule has 0 fully saturated rings. The summed E-state index contributed by atoms with van der Waals surface area (Å²) < 4.78 is 5.12. The Morgan fingerprint density at radius 3 is 2.33 bits per heavy atom. The third-order valence-corrected chi connectivity index (χ3v) is 1.30. The minimum Gasteiger partial charge on any atom is -0.460 e. The Hall–Kier alpha value is -0.530. The minimum atomic E-state index is -0.346. The Morgan fingerprint density at radius 2 is 1.92 bits per heavy atom. The molecule has 0 saturated heterocycles. The quantitative estimate of drug-likeness (QED) is 0.480. The summed E-state index contributed by atoms with van der Waals surface area (Å²) in [5.74, 6) is -0.101. The van der Waals surface area contributed by atoms with E-state index in [1.165, 1.54) is 0 Å². The number of ether oxygens (including phenoxy) is 1. The van der Waals surface area contributed by atoms with Gasteiger partial charge >= 0.3 is 5.97 Å². The average Bonchev–Trinajstić information content (AvgIpc) is 1.84. The van der Waals surface area contributed by atoms with Crippen molar-refractivity contribution in [3.63, 3.8) is 0 Å². The molecule has 0 atom stereocenters. The fourth-order valence-electron chi connectivity index (χ4n) is 0.839. The number of hydrogen-bond acceptors (Lipinski definition) is 2. The van der Waals surface area contributed by atoms with Gasteiger partial charge in [-0.05, 0) is 27.2 Å². The first-order valence-corrected chi connectivity index (χ1v) is 4.47. The van der Waals surface area contributed by atoms with Gasteiger partial charge in [0, 0.05) is 6.42 Å². The number of unbranched alkanes of at least 4 members (excludes halogenated alkanes) is 2. The zero-order valence-corrected chi connectivity index (χ0v) is 8.35. The van der Waals surface area contributed by atoms with Crippen molar-refractivity contribution >= 4 is 5.97 Å². The van der Waals surface area contributed by atoms with E-state index in [2.05, 4.69) is 6.92 Å². The second-order valence-corrected chi connectivity index (χ2v) is 3.90. The first kappa shape index (κ1) is 11.5. The van der Waals surface area contributed by atoms with Crippen molar-refractivity contribution in [1.29, 1.82) is 0 Å². The predicted molar refractivity (Wildman–Crippen MR) is 49.7 cm³/mol. The van der Waals surface area contributed by atoms with E-state index < -0.39 is 0 Å². The smallest absolute Gasteiger partial charge is 0.306 e. The van der Waals surface area contributed by atoms with Crippen molar-refractivity contribution in [2.45, 2.75) is 52.1 Å². The van der Waals surface area contributed by atoms with Gasteiger partial charge in [-0.25, -0.2) is 0 Å². The van der Waals surface area contributed by atoms with Gasteiger partial charge in [0.05, 0.1) is 0 Å². The molecular formula is C10H19O2. The maximum absolute atomic E-state index is 11.1. The number of carbonyl (C=O) groups excluding carboxylic acids is 1. The third-order valence-electron chi connectivity index (χ3n) is 1.30. The number of esters is 1. The van der Waals surface area contributed by atoms with Crippen LogP contribution in [0.5, 0.6) is 0 Å². The molecule has 0 heterocycles. The molecule has 0 aromatic rings.